The standard InChI is InChI=1S/C15H17IN2O9/c1-6(19)24-5-10-11(25-7(2)20)12(26-8(3)21)14(27-10)18-4-9(16)13(22)17-15(18)23/h4,10-12,14H,5H2,1-3H3,(H,17,22,23)/t10-,11+,12-,14-/m1/s1. The molecule has 0 aromatic carbocycles. The lowest BCUT2D eigenvalue weighted by Crippen LogP contribution is -2.42. The zero-order valence-corrected chi connectivity index (χ0v) is 16.8. The average molecular weight is 496 g/mol. The van der Waals surface area contributed by atoms with Crippen LogP contribution in [0, 0.1) is 3.57 Å². The Morgan fingerprint density at radius 3 is 2.26 bits per heavy atom. The van der Waals surface area contributed by atoms with Gasteiger partial charge in [0.2, 0.25) is 0 Å². The van der Waals surface area contributed by atoms with Crippen molar-refractivity contribution < 1.29 is 33.3 Å². The van der Waals surface area contributed by atoms with Crippen LogP contribution in [0.25, 0.3) is 0 Å². The topological polar surface area (TPSA) is 143 Å². The maximum absolute atomic E-state index is 12.2. The van der Waals surface area contributed by atoms with Gasteiger partial charge in [0, 0.05) is 27.0 Å². The summed E-state index contributed by atoms with van der Waals surface area (Å²) in [5.74, 6) is -1.98. The molecule has 12 heteroatoms. The van der Waals surface area contributed by atoms with Crippen molar-refractivity contribution in [2.75, 3.05) is 6.61 Å². The predicted octanol–water partition coefficient (Wildman–Crippen LogP) is -0.535. The van der Waals surface area contributed by atoms with Crippen LogP contribution in [0.1, 0.15) is 27.0 Å². The second kappa shape index (κ2) is 8.65. The molecule has 0 aliphatic carbocycles. The van der Waals surface area contributed by atoms with Gasteiger partial charge in [-0.15, -0.1) is 0 Å². The van der Waals surface area contributed by atoms with Crippen LogP contribution in [-0.4, -0.2) is 52.4 Å². The number of carbonyl (C=O) groups excluding carboxylic acids is 3. The number of hydrogen-bond acceptors (Lipinski definition) is 9. The van der Waals surface area contributed by atoms with Gasteiger partial charge in [0.25, 0.3) is 5.56 Å². The first kappa shape index (κ1) is 21.1. The summed E-state index contributed by atoms with van der Waals surface area (Å²) in [4.78, 5) is 60.0. The minimum atomic E-state index is -1.21. The molecule has 2 rings (SSSR count). The van der Waals surface area contributed by atoms with E-state index in [-0.39, 0.29) is 10.2 Å². The molecule has 0 saturated carbocycles. The summed E-state index contributed by atoms with van der Waals surface area (Å²) in [6.07, 6.45) is -3.32. The highest BCUT2D eigenvalue weighted by atomic mass is 127. The minimum Gasteiger partial charge on any atom is -0.463 e. The second-order valence-electron chi connectivity index (χ2n) is 5.66. The molecule has 1 aliphatic rings. The Labute approximate surface area is 166 Å². The van der Waals surface area contributed by atoms with E-state index in [1.54, 1.807) is 22.6 Å². The number of aromatic nitrogens is 2. The van der Waals surface area contributed by atoms with Crippen molar-refractivity contribution in [3.05, 3.63) is 30.6 Å². The summed E-state index contributed by atoms with van der Waals surface area (Å²) in [5, 5.41) is 0. The molecule has 1 fully saturated rings. The normalized spacial score (nSPS) is 24.3. The molecule has 1 aliphatic heterocycles. The zero-order valence-electron chi connectivity index (χ0n) is 14.6. The van der Waals surface area contributed by atoms with Crippen molar-refractivity contribution in [2.45, 2.75) is 45.3 Å². The molecule has 1 aromatic heterocycles. The number of H-pyrrole nitrogens is 1. The Morgan fingerprint density at radius 1 is 1.11 bits per heavy atom. The van der Waals surface area contributed by atoms with Gasteiger partial charge in [-0.2, -0.15) is 0 Å². The van der Waals surface area contributed by atoms with Crippen molar-refractivity contribution in [1.82, 2.24) is 9.55 Å². The fourth-order valence-corrected chi connectivity index (χ4v) is 3.00. The Hall–Kier alpha value is -2.22. The van der Waals surface area contributed by atoms with E-state index in [2.05, 4.69) is 4.98 Å². The van der Waals surface area contributed by atoms with Crippen molar-refractivity contribution in [3.8, 4) is 0 Å². The molecule has 0 spiro atoms. The molecule has 1 aromatic rings. The molecule has 1 saturated heterocycles. The summed E-state index contributed by atoms with van der Waals surface area (Å²) in [7, 11) is 0. The number of esters is 3. The minimum absolute atomic E-state index is 0.185. The number of nitrogens with zero attached hydrogens (tertiary/aromatic N) is 1. The van der Waals surface area contributed by atoms with E-state index in [9.17, 15) is 24.0 Å². The van der Waals surface area contributed by atoms with Gasteiger partial charge in [0.1, 0.15) is 12.7 Å². The molecule has 0 radical (unpaired) electrons. The van der Waals surface area contributed by atoms with Crippen molar-refractivity contribution in [1.29, 1.82) is 0 Å². The fourth-order valence-electron chi connectivity index (χ4n) is 2.57. The number of hydrogen-bond donors (Lipinski definition) is 1. The van der Waals surface area contributed by atoms with E-state index in [0.29, 0.717) is 0 Å². The average Bonchev–Trinajstić information content (AvgIpc) is 2.85. The van der Waals surface area contributed by atoms with Crippen LogP contribution in [0.2, 0.25) is 0 Å². The quantitative estimate of drug-likeness (QED) is 0.323. The third kappa shape index (κ3) is 5.15. The molecule has 148 valence electrons. The molecule has 27 heavy (non-hydrogen) atoms. The van der Waals surface area contributed by atoms with Gasteiger partial charge < -0.3 is 18.9 Å². The van der Waals surface area contributed by atoms with Crippen LogP contribution in [0.15, 0.2) is 15.8 Å². The third-order valence-corrected chi connectivity index (χ3v) is 4.31. The molecule has 11 nitrogen and oxygen atoms in total. The highest BCUT2D eigenvalue weighted by molar-refractivity contribution is 14.1. The number of rotatable bonds is 5. The van der Waals surface area contributed by atoms with E-state index in [4.69, 9.17) is 18.9 Å². The first-order valence-electron chi connectivity index (χ1n) is 7.74. The van der Waals surface area contributed by atoms with Crippen molar-refractivity contribution >= 4 is 40.5 Å². The summed E-state index contributed by atoms with van der Waals surface area (Å²) in [6.45, 7) is 3.18. The van der Waals surface area contributed by atoms with Crippen molar-refractivity contribution in [3.63, 3.8) is 0 Å². The van der Waals surface area contributed by atoms with E-state index >= 15 is 0 Å². The van der Waals surface area contributed by atoms with E-state index < -0.39 is 53.7 Å². The fraction of sp³-hybridized carbons (Fsp3) is 0.533. The Kier molecular flexibility index (Phi) is 6.75. The SMILES string of the molecule is CC(=O)OC[C@H]1O[C@@H](n2cc(I)c(=O)[nH]c2=O)[C@H](OC(C)=O)[C@H]1OC(C)=O. The Bertz CT molecular complexity index is 862. The van der Waals surface area contributed by atoms with Crippen LogP contribution in [0.4, 0.5) is 0 Å². The second-order valence-corrected chi connectivity index (χ2v) is 6.82. The van der Waals surface area contributed by atoms with Gasteiger partial charge in [-0.25, -0.2) is 4.79 Å². The number of ether oxygens (including phenoxy) is 4. The third-order valence-electron chi connectivity index (χ3n) is 3.54. The van der Waals surface area contributed by atoms with Gasteiger partial charge in [-0.3, -0.25) is 28.7 Å². The molecule has 0 unspecified atom stereocenters. The lowest BCUT2D eigenvalue weighted by atomic mass is 10.1. The van der Waals surface area contributed by atoms with Gasteiger partial charge in [0.15, 0.2) is 18.4 Å². The summed E-state index contributed by atoms with van der Waals surface area (Å²) in [5.41, 5.74) is -1.40. The molecule has 4 atom stereocenters. The summed E-state index contributed by atoms with van der Waals surface area (Å²) >= 11 is 1.72. The first-order valence-corrected chi connectivity index (χ1v) is 8.82. The molecule has 2 heterocycles. The lowest BCUT2D eigenvalue weighted by molar-refractivity contribution is -0.166. The number of carbonyl (C=O) groups is 3. The summed E-state index contributed by atoms with van der Waals surface area (Å²) in [6, 6.07) is 0. The van der Waals surface area contributed by atoms with Crippen LogP contribution in [-0.2, 0) is 33.3 Å². The maximum atomic E-state index is 12.2. The van der Waals surface area contributed by atoms with Crippen LogP contribution in [0.3, 0.4) is 0 Å². The zero-order chi connectivity index (χ0) is 20.3. The Balaban J connectivity index is 2.47. The molecular formula is C15H17IN2O9. The number of aromatic amines is 1. The Morgan fingerprint density at radius 2 is 1.70 bits per heavy atom. The predicted molar refractivity (Wildman–Crippen MR) is 95.7 cm³/mol. The molecule has 0 bridgehead atoms. The van der Waals surface area contributed by atoms with Gasteiger partial charge in [-0.1, -0.05) is 0 Å². The van der Waals surface area contributed by atoms with Crippen LogP contribution in [0.5, 0.6) is 0 Å². The molecular weight excluding hydrogens is 479 g/mol. The van der Waals surface area contributed by atoms with Crippen LogP contribution >= 0.6 is 22.6 Å². The number of nitrogens with one attached hydrogen (secondary N) is 1. The monoisotopic (exact) mass is 496 g/mol. The lowest BCUT2D eigenvalue weighted by Gasteiger charge is -2.23. The largest absolute Gasteiger partial charge is 0.463 e. The van der Waals surface area contributed by atoms with Crippen LogP contribution < -0.4 is 11.2 Å². The smallest absolute Gasteiger partial charge is 0.330 e. The summed E-state index contributed by atoms with van der Waals surface area (Å²) < 4.78 is 22.2. The highest BCUT2D eigenvalue weighted by Gasteiger charge is 2.50. The maximum Gasteiger partial charge on any atom is 0.330 e. The van der Waals surface area contributed by atoms with Gasteiger partial charge in [-0.05, 0) is 22.6 Å². The molecule has 1 N–H and O–H groups in total. The van der Waals surface area contributed by atoms with Gasteiger partial charge in [0.05, 0.1) is 3.57 Å². The van der Waals surface area contributed by atoms with E-state index in [0.717, 1.165) is 18.4 Å². The highest BCUT2D eigenvalue weighted by Crippen LogP contribution is 2.33. The van der Waals surface area contributed by atoms with E-state index in [1.807, 2.05) is 0 Å². The van der Waals surface area contributed by atoms with E-state index in [1.165, 1.54) is 13.1 Å². The first-order chi connectivity index (χ1) is 12.6. The van der Waals surface area contributed by atoms with Crippen molar-refractivity contribution in [2.24, 2.45) is 0 Å². The number of halogens is 1. The molecule has 0 amide bonds. The van der Waals surface area contributed by atoms with Gasteiger partial charge >= 0.3 is 23.6 Å².